The van der Waals surface area contributed by atoms with E-state index in [1.165, 1.54) is 0 Å². The number of hydrogen-bond acceptors (Lipinski definition) is 4. The van der Waals surface area contributed by atoms with E-state index in [0.717, 1.165) is 16.9 Å². The third-order valence-electron chi connectivity index (χ3n) is 4.28. The Labute approximate surface area is 172 Å². The summed E-state index contributed by atoms with van der Waals surface area (Å²) in [7, 11) is 0. The second kappa shape index (κ2) is 8.55. The highest BCUT2D eigenvalue weighted by Crippen LogP contribution is 2.27. The Morgan fingerprint density at radius 2 is 1.52 bits per heavy atom. The zero-order valence-electron chi connectivity index (χ0n) is 18.2. The molecule has 0 saturated heterocycles. The van der Waals surface area contributed by atoms with Gasteiger partial charge in [0.25, 0.3) is 0 Å². The zero-order chi connectivity index (χ0) is 21.8. The lowest BCUT2D eigenvalue weighted by molar-refractivity contribution is -0.121. The number of anilines is 1. The van der Waals surface area contributed by atoms with Gasteiger partial charge in [0.1, 0.15) is 22.6 Å². The van der Waals surface area contributed by atoms with E-state index in [-0.39, 0.29) is 5.91 Å². The Hall–Kier alpha value is -3.02. The van der Waals surface area contributed by atoms with Crippen molar-refractivity contribution in [1.82, 2.24) is 5.32 Å². The largest absolute Gasteiger partial charge is 0.457 e. The summed E-state index contributed by atoms with van der Waals surface area (Å²) in [5.41, 5.74) is 1.06. The minimum atomic E-state index is -1.14. The molecule has 2 rings (SSSR count). The second-order valence-electron chi connectivity index (χ2n) is 8.53. The maximum Gasteiger partial charge on any atom is 0.408 e. The van der Waals surface area contributed by atoms with E-state index in [2.05, 4.69) is 10.6 Å². The first-order valence-corrected chi connectivity index (χ1v) is 9.54. The Bertz CT molecular complexity index is 881. The molecule has 0 aliphatic rings. The Balaban J connectivity index is 2.00. The maximum absolute atomic E-state index is 12.6. The highest BCUT2D eigenvalue weighted by molar-refractivity contribution is 5.99. The molecule has 156 valence electrons. The molecule has 0 saturated carbocycles. The minimum absolute atomic E-state index is 0.355. The van der Waals surface area contributed by atoms with Gasteiger partial charge in [-0.1, -0.05) is 12.1 Å². The van der Waals surface area contributed by atoms with Gasteiger partial charge in [-0.05, 0) is 89.9 Å². The Morgan fingerprint density at radius 1 is 0.897 bits per heavy atom. The van der Waals surface area contributed by atoms with E-state index < -0.39 is 17.2 Å². The van der Waals surface area contributed by atoms with Crippen LogP contribution in [-0.4, -0.2) is 23.1 Å². The second-order valence-corrected chi connectivity index (χ2v) is 8.53. The molecule has 2 amide bonds. The van der Waals surface area contributed by atoms with Crippen LogP contribution in [0.4, 0.5) is 10.5 Å². The molecule has 0 aromatic heterocycles. The lowest BCUT2D eigenvalue weighted by atomic mass is 10.0. The summed E-state index contributed by atoms with van der Waals surface area (Å²) in [5.74, 6) is 1.11. The average Bonchev–Trinajstić information content (AvgIpc) is 2.58. The van der Waals surface area contributed by atoms with Gasteiger partial charge in [0.2, 0.25) is 5.91 Å². The molecule has 29 heavy (non-hydrogen) atoms. The fourth-order valence-corrected chi connectivity index (χ4v) is 2.47. The van der Waals surface area contributed by atoms with Crippen molar-refractivity contribution in [3.8, 4) is 11.5 Å². The molecular weight excluding hydrogens is 368 g/mol. The number of rotatable bonds is 5. The molecule has 6 heteroatoms. The number of hydrogen-bond donors (Lipinski definition) is 2. The molecule has 0 unspecified atom stereocenters. The molecule has 2 aromatic carbocycles. The van der Waals surface area contributed by atoms with Crippen LogP contribution in [-0.2, 0) is 9.53 Å². The standard InChI is InChI=1S/C23H30N2O4/c1-15-9-8-10-19(16(15)2)28-18-13-11-17(12-14-18)24-20(26)23(6,7)25-21(27)29-22(3,4)5/h8-14H,1-7H3,(H,24,26)(H,25,27). The van der Waals surface area contributed by atoms with Gasteiger partial charge in [0.05, 0.1) is 0 Å². The van der Waals surface area contributed by atoms with Gasteiger partial charge in [-0.15, -0.1) is 0 Å². The number of benzene rings is 2. The molecule has 0 bridgehead atoms. The molecule has 0 aliphatic carbocycles. The maximum atomic E-state index is 12.6. The van der Waals surface area contributed by atoms with E-state index in [4.69, 9.17) is 9.47 Å². The van der Waals surface area contributed by atoms with Gasteiger partial charge in [0.15, 0.2) is 0 Å². The molecule has 2 N–H and O–H groups in total. The number of nitrogens with one attached hydrogen (secondary N) is 2. The van der Waals surface area contributed by atoms with Crippen LogP contribution in [0.1, 0.15) is 45.7 Å². The fourth-order valence-electron chi connectivity index (χ4n) is 2.47. The number of carbonyl (C=O) groups is 2. The van der Waals surface area contributed by atoms with Crippen molar-refractivity contribution in [3.05, 3.63) is 53.6 Å². The van der Waals surface area contributed by atoms with E-state index in [9.17, 15) is 9.59 Å². The number of carbonyl (C=O) groups excluding carboxylic acids is 2. The van der Waals surface area contributed by atoms with Gasteiger partial charge in [0, 0.05) is 5.69 Å². The third-order valence-corrected chi connectivity index (χ3v) is 4.28. The van der Waals surface area contributed by atoms with Crippen LogP contribution in [0.25, 0.3) is 0 Å². The van der Waals surface area contributed by atoms with Gasteiger partial charge in [-0.3, -0.25) is 4.79 Å². The van der Waals surface area contributed by atoms with E-state index in [1.807, 2.05) is 32.0 Å². The zero-order valence-corrected chi connectivity index (χ0v) is 18.2. The number of amides is 2. The molecule has 2 aromatic rings. The minimum Gasteiger partial charge on any atom is -0.457 e. The van der Waals surface area contributed by atoms with E-state index in [1.54, 1.807) is 58.9 Å². The van der Waals surface area contributed by atoms with Crippen LogP contribution in [0.15, 0.2) is 42.5 Å². The van der Waals surface area contributed by atoms with E-state index in [0.29, 0.717) is 11.4 Å². The van der Waals surface area contributed by atoms with Gasteiger partial charge < -0.3 is 20.1 Å². The average molecular weight is 399 g/mol. The molecule has 0 fully saturated rings. The van der Waals surface area contributed by atoms with Gasteiger partial charge >= 0.3 is 6.09 Å². The van der Waals surface area contributed by atoms with Crippen molar-refractivity contribution in [3.63, 3.8) is 0 Å². The molecule has 0 radical (unpaired) electrons. The first-order chi connectivity index (χ1) is 13.4. The normalized spacial score (nSPS) is 11.6. The quantitative estimate of drug-likeness (QED) is 0.713. The summed E-state index contributed by atoms with van der Waals surface area (Å²) in [5, 5.41) is 5.39. The van der Waals surface area contributed by atoms with Gasteiger partial charge in [-0.25, -0.2) is 4.79 Å². The fraction of sp³-hybridized carbons (Fsp3) is 0.391. The first kappa shape index (κ1) is 22.3. The number of ether oxygens (including phenoxy) is 2. The monoisotopic (exact) mass is 398 g/mol. The molecule has 0 heterocycles. The van der Waals surface area contributed by atoms with Crippen molar-refractivity contribution >= 4 is 17.7 Å². The number of alkyl carbamates (subject to hydrolysis) is 1. The number of aryl methyl sites for hydroxylation is 1. The predicted molar refractivity (Wildman–Crippen MR) is 115 cm³/mol. The van der Waals surface area contributed by atoms with Crippen LogP contribution in [0.5, 0.6) is 11.5 Å². The summed E-state index contributed by atoms with van der Waals surface area (Å²) >= 11 is 0. The summed E-state index contributed by atoms with van der Waals surface area (Å²) < 4.78 is 11.1. The Morgan fingerprint density at radius 3 is 2.10 bits per heavy atom. The van der Waals surface area contributed by atoms with E-state index >= 15 is 0 Å². The van der Waals surface area contributed by atoms with Crippen LogP contribution < -0.4 is 15.4 Å². The first-order valence-electron chi connectivity index (χ1n) is 9.54. The topological polar surface area (TPSA) is 76.7 Å². The van der Waals surface area contributed by atoms with Crippen molar-refractivity contribution in [2.45, 2.75) is 59.6 Å². The van der Waals surface area contributed by atoms with Crippen molar-refractivity contribution < 1.29 is 19.1 Å². The van der Waals surface area contributed by atoms with Crippen LogP contribution in [0.3, 0.4) is 0 Å². The van der Waals surface area contributed by atoms with Crippen molar-refractivity contribution in [2.24, 2.45) is 0 Å². The lowest BCUT2D eigenvalue weighted by Gasteiger charge is -2.27. The highest BCUT2D eigenvalue weighted by Gasteiger charge is 2.31. The summed E-state index contributed by atoms with van der Waals surface area (Å²) in [6.07, 6.45) is -0.644. The molecule has 0 spiro atoms. The van der Waals surface area contributed by atoms with Gasteiger partial charge in [-0.2, -0.15) is 0 Å². The summed E-state index contributed by atoms with van der Waals surface area (Å²) in [4.78, 5) is 24.6. The predicted octanol–water partition coefficient (Wildman–Crippen LogP) is 5.34. The molecule has 6 nitrogen and oxygen atoms in total. The Kier molecular flexibility index (Phi) is 6.57. The molecular formula is C23H30N2O4. The lowest BCUT2D eigenvalue weighted by Crippen LogP contribution is -2.53. The van der Waals surface area contributed by atoms with Crippen LogP contribution in [0.2, 0.25) is 0 Å². The molecule has 0 aliphatic heterocycles. The SMILES string of the molecule is Cc1cccc(Oc2ccc(NC(=O)C(C)(C)NC(=O)OC(C)(C)C)cc2)c1C. The third kappa shape index (κ3) is 6.52. The molecule has 0 atom stereocenters. The van der Waals surface area contributed by atoms with Crippen molar-refractivity contribution in [2.75, 3.05) is 5.32 Å². The smallest absolute Gasteiger partial charge is 0.408 e. The summed E-state index contributed by atoms with van der Waals surface area (Å²) in [6, 6.07) is 13.0. The summed E-state index contributed by atoms with van der Waals surface area (Å²) in [6.45, 7) is 12.6. The van der Waals surface area contributed by atoms with Crippen LogP contribution in [0, 0.1) is 13.8 Å². The van der Waals surface area contributed by atoms with Crippen LogP contribution >= 0.6 is 0 Å². The highest BCUT2D eigenvalue weighted by atomic mass is 16.6. The van der Waals surface area contributed by atoms with Crippen molar-refractivity contribution in [1.29, 1.82) is 0 Å².